The molecular formula is C39H33ClF6N10O4S. The lowest BCUT2D eigenvalue weighted by atomic mass is 9.93. The average molecular weight is 887 g/mol. The Kier molecular flexibility index (Phi) is 10.1. The van der Waals surface area contributed by atoms with Crippen LogP contribution in [0.1, 0.15) is 72.6 Å². The molecule has 3 N–H and O–H groups in total. The topological polar surface area (TPSA) is 174 Å². The minimum absolute atomic E-state index is 0.00794. The third kappa shape index (κ3) is 7.73. The number of hydrogen-bond acceptors (Lipinski definition) is 8. The maximum absolute atomic E-state index is 15.5. The summed E-state index contributed by atoms with van der Waals surface area (Å²) in [5.41, 5.74) is -2.56. The monoisotopic (exact) mass is 886 g/mol. The van der Waals surface area contributed by atoms with Gasteiger partial charge in [0.25, 0.3) is 12.3 Å². The number of benzene rings is 2. The predicted octanol–water partition coefficient (Wildman–Crippen LogP) is 6.05. The van der Waals surface area contributed by atoms with E-state index in [0.717, 1.165) is 18.4 Å². The number of amides is 1. The van der Waals surface area contributed by atoms with E-state index in [1.807, 2.05) is 0 Å². The lowest BCUT2D eigenvalue weighted by Gasteiger charge is -2.23. The first kappa shape index (κ1) is 41.6. The van der Waals surface area contributed by atoms with Crippen LogP contribution in [-0.4, -0.2) is 59.9 Å². The lowest BCUT2D eigenvalue weighted by Crippen LogP contribution is -2.35. The Hall–Kier alpha value is -6.14. The number of carbonyl (C=O) groups is 1. The normalized spacial score (nSPS) is 17.2. The molecule has 2 aliphatic carbocycles. The summed E-state index contributed by atoms with van der Waals surface area (Å²) in [6.07, 6.45) is -1.36. The number of aromatic amines is 1. The maximum atomic E-state index is 15.5. The number of fused-ring (bicyclic) bond motifs is 4. The first-order chi connectivity index (χ1) is 28.6. The van der Waals surface area contributed by atoms with Crippen molar-refractivity contribution in [3.8, 4) is 23.0 Å². The van der Waals surface area contributed by atoms with Gasteiger partial charge in [0.2, 0.25) is 15.9 Å². The van der Waals surface area contributed by atoms with Gasteiger partial charge in [0.1, 0.15) is 47.1 Å². The van der Waals surface area contributed by atoms with Gasteiger partial charge < -0.3 is 5.32 Å². The zero-order valence-electron chi connectivity index (χ0n) is 32.4. The summed E-state index contributed by atoms with van der Waals surface area (Å²) in [7, 11) is -2.33. The molecule has 3 atom stereocenters. The Labute approximate surface area is 347 Å². The van der Waals surface area contributed by atoms with E-state index in [9.17, 15) is 35.6 Å². The van der Waals surface area contributed by atoms with E-state index >= 15 is 8.78 Å². The summed E-state index contributed by atoms with van der Waals surface area (Å²) in [5, 5.41) is 17.1. The van der Waals surface area contributed by atoms with E-state index in [1.165, 1.54) is 34.8 Å². The van der Waals surface area contributed by atoms with Gasteiger partial charge in [-0.05, 0) is 74.4 Å². The Morgan fingerprint density at radius 1 is 1.08 bits per heavy atom. The quantitative estimate of drug-likeness (QED) is 0.104. The van der Waals surface area contributed by atoms with Crippen molar-refractivity contribution in [1.82, 2.24) is 44.6 Å². The van der Waals surface area contributed by atoms with Gasteiger partial charge in [-0.3, -0.25) is 23.4 Å². The second kappa shape index (κ2) is 14.8. The molecule has 0 unspecified atom stereocenters. The fourth-order valence-corrected chi connectivity index (χ4v) is 8.67. The van der Waals surface area contributed by atoms with Crippen LogP contribution in [0.3, 0.4) is 0 Å². The Morgan fingerprint density at radius 2 is 1.79 bits per heavy atom. The van der Waals surface area contributed by atoms with Crippen LogP contribution in [0.5, 0.6) is 0 Å². The van der Waals surface area contributed by atoms with Crippen LogP contribution in [0.15, 0.2) is 53.6 Å². The molecule has 4 aromatic heterocycles. The minimum atomic E-state index is -3.85. The number of carbonyl (C=O) groups excluding carboxylic acids is 1. The van der Waals surface area contributed by atoms with Crippen molar-refractivity contribution in [2.24, 2.45) is 13.0 Å². The highest BCUT2D eigenvalue weighted by molar-refractivity contribution is 7.92. The zero-order valence-corrected chi connectivity index (χ0v) is 33.9. The summed E-state index contributed by atoms with van der Waals surface area (Å²) in [6, 6.07) is 7.45. The molecule has 2 aromatic carbocycles. The van der Waals surface area contributed by atoms with Crippen LogP contribution >= 0.6 is 11.6 Å². The SMILES string of the molecule is Cn1nc(NS(C)(=O)=O)c2c(Cl)ccc(-c3ccc(C#CC(C)(C)n4cn[nH]c4=O)nc3[C@H](Cc3cc(F)cc(F)c3)NC(=O)Cn3nc(C(F)F)c4c3C(F)(F)[C@@H]3C[C@H]43)c21. The van der Waals surface area contributed by atoms with Crippen LogP contribution in [0.2, 0.25) is 5.02 Å². The molecule has 1 fully saturated rings. The second-order valence-corrected chi connectivity index (χ2v) is 17.6. The molecule has 2 aliphatic rings. The molecule has 1 amide bonds. The molecule has 0 spiro atoms. The average Bonchev–Trinajstić information content (AvgIpc) is 3.37. The van der Waals surface area contributed by atoms with E-state index in [4.69, 9.17) is 16.6 Å². The molecule has 22 heteroatoms. The summed E-state index contributed by atoms with van der Waals surface area (Å²) in [5.74, 6) is -2.63. The Bertz CT molecular complexity index is 3000. The summed E-state index contributed by atoms with van der Waals surface area (Å²) < 4.78 is 119. The second-order valence-electron chi connectivity index (χ2n) is 15.4. The minimum Gasteiger partial charge on any atom is -0.346 e. The number of anilines is 1. The van der Waals surface area contributed by atoms with Gasteiger partial charge in [0.05, 0.1) is 33.9 Å². The smallest absolute Gasteiger partial charge is 0.344 e. The zero-order chi connectivity index (χ0) is 43.9. The molecule has 0 radical (unpaired) electrons. The van der Waals surface area contributed by atoms with E-state index in [1.54, 1.807) is 26.0 Å². The summed E-state index contributed by atoms with van der Waals surface area (Å²) in [6.45, 7) is 2.34. The first-order valence-electron chi connectivity index (χ1n) is 18.4. The standard InChI is InChI=1S/C39H33ClF6N10O4S/c1-38(2,55-17-47-50-37(55)58)10-9-21-5-6-22(23-7-8-26(40)30-33(23)54(3)52-36(30)53-61(4,59)60)31(48-21)27(13-18-11-19(41)14-20(42)12-18)49-28(57)16-56-34-29(32(51-56)35(43)44)24-15-25(24)39(34,45)46/h5-8,11-12,14,17,24-25,27,35H,13,15-16H2,1-4H3,(H,49,57)(H,50,58)(H,52,53)/t24-,25+,27-/m0/s1. The van der Waals surface area contributed by atoms with Gasteiger partial charge in [0.15, 0.2) is 5.82 Å². The van der Waals surface area contributed by atoms with E-state index < -0.39 is 87.0 Å². The van der Waals surface area contributed by atoms with Crippen LogP contribution in [0, 0.1) is 29.4 Å². The van der Waals surface area contributed by atoms with Gasteiger partial charge in [-0.2, -0.15) is 24.1 Å². The Balaban J connectivity index is 1.29. The van der Waals surface area contributed by atoms with Crippen LogP contribution < -0.4 is 15.7 Å². The molecular weight excluding hydrogens is 854 g/mol. The Morgan fingerprint density at radius 3 is 2.44 bits per heavy atom. The lowest BCUT2D eigenvalue weighted by molar-refractivity contribution is -0.123. The molecule has 0 aliphatic heterocycles. The number of alkyl halides is 4. The fraction of sp³-hybridized carbons (Fsp3) is 0.333. The number of halogens is 7. The van der Waals surface area contributed by atoms with E-state index in [2.05, 4.69) is 42.3 Å². The van der Waals surface area contributed by atoms with Crippen molar-refractivity contribution in [3.05, 3.63) is 110 Å². The van der Waals surface area contributed by atoms with Gasteiger partial charge in [0, 0.05) is 35.7 Å². The van der Waals surface area contributed by atoms with Crippen molar-refractivity contribution in [3.63, 3.8) is 0 Å². The number of hydrogen-bond donors (Lipinski definition) is 3. The number of aryl methyl sites for hydroxylation is 1. The highest BCUT2D eigenvalue weighted by Crippen LogP contribution is 2.68. The molecule has 0 bridgehead atoms. The fourth-order valence-electron chi connectivity index (χ4n) is 7.94. The van der Waals surface area contributed by atoms with Gasteiger partial charge in [-0.1, -0.05) is 23.6 Å². The molecule has 1 saturated carbocycles. The van der Waals surface area contributed by atoms with Crippen LogP contribution in [-0.2, 0) is 46.3 Å². The number of H-pyrrole nitrogens is 1. The number of pyridine rings is 1. The van der Waals surface area contributed by atoms with Crippen LogP contribution in [0.4, 0.5) is 32.2 Å². The largest absolute Gasteiger partial charge is 0.346 e. The molecule has 0 saturated heterocycles. The summed E-state index contributed by atoms with van der Waals surface area (Å²) in [4.78, 5) is 31.3. The van der Waals surface area contributed by atoms with Crippen molar-refractivity contribution in [1.29, 1.82) is 0 Å². The van der Waals surface area contributed by atoms with Gasteiger partial charge >= 0.3 is 5.69 Å². The predicted molar refractivity (Wildman–Crippen MR) is 209 cm³/mol. The molecule has 14 nitrogen and oxygen atoms in total. The molecule has 61 heavy (non-hydrogen) atoms. The molecule has 318 valence electrons. The molecule has 8 rings (SSSR count). The van der Waals surface area contributed by atoms with E-state index in [-0.39, 0.29) is 62.7 Å². The third-order valence-electron chi connectivity index (χ3n) is 10.6. The number of nitrogens with zero attached hydrogens (tertiary/aromatic N) is 7. The van der Waals surface area contributed by atoms with E-state index in [0.29, 0.717) is 16.3 Å². The van der Waals surface area contributed by atoms with Crippen LogP contribution in [0.25, 0.3) is 22.0 Å². The number of nitrogens with one attached hydrogen (secondary N) is 3. The number of sulfonamides is 1. The number of aromatic nitrogens is 8. The van der Waals surface area contributed by atoms with Crippen molar-refractivity contribution in [2.45, 2.75) is 63.1 Å². The van der Waals surface area contributed by atoms with Gasteiger partial charge in [-0.15, -0.1) is 0 Å². The number of rotatable bonds is 11. The highest BCUT2D eigenvalue weighted by Gasteiger charge is 2.67. The van der Waals surface area contributed by atoms with Gasteiger partial charge in [-0.25, -0.2) is 40.9 Å². The summed E-state index contributed by atoms with van der Waals surface area (Å²) >= 11 is 6.62. The first-order valence-corrected chi connectivity index (χ1v) is 20.7. The maximum Gasteiger partial charge on any atom is 0.344 e. The third-order valence-corrected chi connectivity index (χ3v) is 11.5. The van der Waals surface area contributed by atoms with Crippen molar-refractivity contribution >= 4 is 44.3 Å². The van der Waals surface area contributed by atoms with Crippen molar-refractivity contribution in [2.75, 3.05) is 11.0 Å². The molecule has 4 heterocycles. The highest BCUT2D eigenvalue weighted by atomic mass is 35.5. The van der Waals surface area contributed by atoms with Crippen molar-refractivity contribution < 1.29 is 39.6 Å². The molecule has 6 aromatic rings.